The first-order valence-corrected chi connectivity index (χ1v) is 19.5. The summed E-state index contributed by atoms with van der Waals surface area (Å²) in [5, 5.41) is 16.5. The number of esters is 1. The third kappa shape index (κ3) is 8.61. The number of benzene rings is 3. The summed E-state index contributed by atoms with van der Waals surface area (Å²) >= 11 is 0. The quantitative estimate of drug-likeness (QED) is 0.103. The Morgan fingerprint density at radius 2 is 1.64 bits per heavy atom. The van der Waals surface area contributed by atoms with Crippen LogP contribution < -0.4 is 17.2 Å². The van der Waals surface area contributed by atoms with Gasteiger partial charge in [-0.2, -0.15) is 31.9 Å². The molecule has 0 unspecified atom stereocenters. The molecule has 2 heterocycles. The van der Waals surface area contributed by atoms with Gasteiger partial charge >= 0.3 is 23.9 Å². The largest absolute Gasteiger partial charge is 0.465 e. The standard InChI is InChI=1S/C40H39F3N6O7S.H3N/c1-23-24(2)29(20-35(25(23)3)57(53,54)55)17-19-56-37(50)28-10-12-31(13-11-28)46-38(51)48-36(34-16-18-45-49(34)32-14-8-27(22-44)9-15-32)26(4)47(39(48)52)33-7-5-6-30(21-33)40(41,42)43;/h5-9,14-16,18,20-21,28,31H,10-13,17,19H2,1-4H3,(H,46,51)(H,53,54,55);1H3/t28-,31-;. The number of nitrogens with one attached hydrogen (secondary N) is 1. The third-order valence-corrected chi connectivity index (χ3v) is 11.6. The van der Waals surface area contributed by atoms with Gasteiger partial charge in [-0.15, -0.1) is 0 Å². The van der Waals surface area contributed by atoms with Gasteiger partial charge in [0.25, 0.3) is 10.1 Å². The van der Waals surface area contributed by atoms with Crippen LogP contribution in [0.4, 0.5) is 18.0 Å². The maximum atomic E-state index is 14.2. The molecular weight excluding hydrogens is 780 g/mol. The predicted octanol–water partition coefficient (Wildman–Crippen LogP) is 6.93. The van der Waals surface area contributed by atoms with Crippen molar-refractivity contribution in [1.82, 2.24) is 30.4 Å². The van der Waals surface area contributed by atoms with Gasteiger partial charge in [-0.05, 0) is 130 Å². The summed E-state index contributed by atoms with van der Waals surface area (Å²) in [5.74, 6) is -0.920. The van der Waals surface area contributed by atoms with Crippen LogP contribution >= 0.6 is 0 Å². The fourth-order valence-electron chi connectivity index (χ4n) is 7.29. The van der Waals surface area contributed by atoms with Crippen LogP contribution in [0.3, 0.4) is 0 Å². The summed E-state index contributed by atoms with van der Waals surface area (Å²) in [7, 11) is -4.45. The van der Waals surface area contributed by atoms with Gasteiger partial charge in [-0.1, -0.05) is 6.07 Å². The minimum atomic E-state index is -4.69. The molecule has 0 atom stereocenters. The summed E-state index contributed by atoms with van der Waals surface area (Å²) in [6.45, 7) is 6.69. The molecule has 1 aliphatic rings. The average Bonchev–Trinajstić information content (AvgIpc) is 3.75. The van der Waals surface area contributed by atoms with Gasteiger partial charge in [0.2, 0.25) is 0 Å². The Kier molecular flexibility index (Phi) is 12.5. The fourth-order valence-corrected chi connectivity index (χ4v) is 8.12. The number of halogens is 3. The van der Waals surface area contributed by atoms with Crippen molar-refractivity contribution >= 4 is 22.1 Å². The molecule has 306 valence electrons. The Labute approximate surface area is 332 Å². The van der Waals surface area contributed by atoms with Crippen LogP contribution in [0.2, 0.25) is 0 Å². The summed E-state index contributed by atoms with van der Waals surface area (Å²) in [6.07, 6.45) is -1.58. The molecule has 58 heavy (non-hydrogen) atoms. The molecule has 14 nitrogen and oxygen atoms in total. The zero-order valence-electron chi connectivity index (χ0n) is 32.1. The van der Waals surface area contributed by atoms with E-state index in [2.05, 4.69) is 10.4 Å². The molecule has 0 aliphatic heterocycles. The minimum Gasteiger partial charge on any atom is -0.465 e. The highest BCUT2D eigenvalue weighted by Gasteiger charge is 2.34. The first-order valence-electron chi connectivity index (χ1n) is 18.0. The number of nitrogens with zero attached hydrogens (tertiary/aromatic N) is 5. The van der Waals surface area contributed by atoms with Crippen molar-refractivity contribution in [3.8, 4) is 28.8 Å². The Hall–Kier alpha value is -6.03. The predicted molar refractivity (Wildman–Crippen MR) is 207 cm³/mol. The Bertz CT molecular complexity index is 2580. The molecule has 0 radical (unpaired) electrons. The van der Waals surface area contributed by atoms with E-state index in [0.717, 1.165) is 26.8 Å². The van der Waals surface area contributed by atoms with Crippen LogP contribution in [0.25, 0.3) is 22.8 Å². The molecule has 5 N–H and O–H groups in total. The number of aromatic nitrogens is 4. The van der Waals surface area contributed by atoms with Crippen LogP contribution in [0, 0.1) is 44.9 Å². The normalized spacial score (nSPS) is 15.6. The third-order valence-electron chi connectivity index (χ3n) is 10.6. The monoisotopic (exact) mass is 821 g/mol. The molecule has 0 spiro atoms. The van der Waals surface area contributed by atoms with Gasteiger partial charge in [0.05, 0.1) is 63.6 Å². The first kappa shape index (κ1) is 43.1. The minimum absolute atomic E-state index is 0. The van der Waals surface area contributed by atoms with Crippen LogP contribution in [-0.4, -0.2) is 56.5 Å². The lowest BCUT2D eigenvalue weighted by Gasteiger charge is -2.28. The van der Waals surface area contributed by atoms with Gasteiger partial charge in [0.15, 0.2) is 0 Å². The summed E-state index contributed by atoms with van der Waals surface area (Å²) < 4.78 is 83.6. The lowest BCUT2D eigenvalue weighted by molar-refractivity contribution is -0.149. The molecule has 5 aromatic rings. The molecule has 0 saturated heterocycles. The van der Waals surface area contributed by atoms with E-state index in [1.807, 2.05) is 13.0 Å². The lowest BCUT2D eigenvalue weighted by atomic mass is 9.86. The van der Waals surface area contributed by atoms with Crippen molar-refractivity contribution in [1.29, 1.82) is 5.26 Å². The Balaban J connectivity index is 0.00000641. The van der Waals surface area contributed by atoms with Crippen molar-refractivity contribution < 1.29 is 40.5 Å². The second kappa shape index (κ2) is 16.8. The first-order chi connectivity index (χ1) is 26.9. The van der Waals surface area contributed by atoms with E-state index in [1.165, 1.54) is 36.0 Å². The van der Waals surface area contributed by atoms with E-state index >= 15 is 0 Å². The molecule has 18 heteroatoms. The maximum absolute atomic E-state index is 14.2. The fraction of sp³-hybridized carbons (Fsp3) is 0.325. The van der Waals surface area contributed by atoms with Gasteiger partial charge in [-0.25, -0.2) is 18.8 Å². The Morgan fingerprint density at radius 1 is 0.966 bits per heavy atom. The van der Waals surface area contributed by atoms with E-state index in [4.69, 9.17) is 4.74 Å². The number of alkyl halides is 3. The maximum Gasteiger partial charge on any atom is 0.416 e. The smallest absolute Gasteiger partial charge is 0.416 e. The van der Waals surface area contributed by atoms with Crippen molar-refractivity contribution in [2.75, 3.05) is 6.61 Å². The number of imidazole rings is 1. The van der Waals surface area contributed by atoms with Crippen LogP contribution in [0.15, 0.2) is 76.6 Å². The van der Waals surface area contributed by atoms with E-state index in [1.54, 1.807) is 44.2 Å². The molecule has 1 amide bonds. The van der Waals surface area contributed by atoms with Crippen molar-refractivity contribution in [3.63, 3.8) is 0 Å². The molecular formula is C40H42F3N7O7S. The zero-order chi connectivity index (χ0) is 41.4. The van der Waals surface area contributed by atoms with Crippen molar-refractivity contribution in [2.45, 2.75) is 76.9 Å². The number of carbonyl (C=O) groups excluding carboxylic acids is 2. The van der Waals surface area contributed by atoms with Crippen molar-refractivity contribution in [3.05, 3.63) is 116 Å². The second-order valence-electron chi connectivity index (χ2n) is 14.0. The van der Waals surface area contributed by atoms with E-state index in [-0.39, 0.29) is 46.8 Å². The molecule has 1 fully saturated rings. The lowest BCUT2D eigenvalue weighted by Crippen LogP contribution is -2.44. The van der Waals surface area contributed by atoms with E-state index in [9.17, 15) is 45.8 Å². The molecule has 3 aromatic carbocycles. The molecule has 1 saturated carbocycles. The number of hydrogen-bond acceptors (Lipinski definition) is 9. The topological polar surface area (TPSA) is 213 Å². The summed E-state index contributed by atoms with van der Waals surface area (Å²) in [4.78, 5) is 41.1. The van der Waals surface area contributed by atoms with Crippen LogP contribution in [-0.2, 0) is 32.2 Å². The summed E-state index contributed by atoms with van der Waals surface area (Å²) in [6, 6.07) is 14.3. The molecule has 2 aromatic heterocycles. The van der Waals surface area contributed by atoms with Gasteiger partial charge in [0.1, 0.15) is 5.69 Å². The molecule has 0 bridgehead atoms. The highest BCUT2D eigenvalue weighted by Crippen LogP contribution is 2.33. The number of hydrogen-bond donors (Lipinski definition) is 3. The van der Waals surface area contributed by atoms with Gasteiger partial charge < -0.3 is 16.2 Å². The van der Waals surface area contributed by atoms with Crippen LogP contribution in [0.1, 0.15) is 64.8 Å². The number of carbonyl (C=O) groups is 2. The van der Waals surface area contributed by atoms with Crippen molar-refractivity contribution in [2.24, 2.45) is 5.92 Å². The number of ether oxygens (including phenoxy) is 1. The molecule has 6 rings (SSSR count). The highest BCUT2D eigenvalue weighted by atomic mass is 32.2. The zero-order valence-corrected chi connectivity index (χ0v) is 32.9. The van der Waals surface area contributed by atoms with Crippen LogP contribution in [0.5, 0.6) is 0 Å². The Morgan fingerprint density at radius 3 is 2.26 bits per heavy atom. The second-order valence-corrected chi connectivity index (χ2v) is 15.4. The number of nitriles is 1. The number of rotatable bonds is 9. The van der Waals surface area contributed by atoms with Gasteiger partial charge in [-0.3, -0.25) is 13.9 Å². The number of amides is 1. The summed E-state index contributed by atoms with van der Waals surface area (Å²) in [5.41, 5.74) is 2.03. The molecule has 1 aliphatic carbocycles. The van der Waals surface area contributed by atoms with E-state index in [0.29, 0.717) is 53.6 Å². The highest BCUT2D eigenvalue weighted by molar-refractivity contribution is 7.85. The average molecular weight is 822 g/mol. The SMILES string of the molecule is Cc1c(CCOC(=O)[C@H]2CC[C@H](NC(=O)n3c(-c4ccnn4-c4ccc(C#N)cc4)c(C)n(-c4cccc(C(F)(F)F)c4)c3=O)CC2)cc(S(=O)(=O)O)c(C)c1C.N. The van der Waals surface area contributed by atoms with E-state index < -0.39 is 51.5 Å². The van der Waals surface area contributed by atoms with Gasteiger partial charge in [0, 0.05) is 12.5 Å².